The Bertz CT molecular complexity index is 838. The molecule has 0 saturated carbocycles. The summed E-state index contributed by atoms with van der Waals surface area (Å²) in [4.78, 5) is 18.6. The number of hydrogen-bond donors (Lipinski definition) is 0. The Hall–Kier alpha value is -1.05. The first-order chi connectivity index (χ1) is 11.7. The minimum atomic E-state index is -3.08. The van der Waals surface area contributed by atoms with Crippen LogP contribution < -0.4 is 4.90 Å². The Morgan fingerprint density at radius 3 is 2.84 bits per heavy atom. The predicted molar refractivity (Wildman–Crippen MR) is 104 cm³/mol. The number of amidine groups is 1. The topological polar surface area (TPSA) is 66.8 Å². The number of nitrogens with zero attached hydrogens (tertiary/aromatic N) is 2. The molecule has 0 spiro atoms. The van der Waals surface area contributed by atoms with Gasteiger partial charge in [0.2, 0.25) is 0 Å². The largest absolute Gasteiger partial charge is 0.315 e. The Balaban J connectivity index is 2.05. The van der Waals surface area contributed by atoms with Crippen molar-refractivity contribution in [3.05, 3.63) is 28.8 Å². The lowest BCUT2D eigenvalue weighted by molar-refractivity contribution is -0.121. The highest BCUT2D eigenvalue weighted by molar-refractivity contribution is 8.16. The van der Waals surface area contributed by atoms with E-state index in [0.717, 1.165) is 17.7 Å². The monoisotopic (exact) mass is 400 g/mol. The van der Waals surface area contributed by atoms with E-state index in [1.807, 2.05) is 37.8 Å². The minimum absolute atomic E-state index is 0.0765. The summed E-state index contributed by atoms with van der Waals surface area (Å²) < 4.78 is 24.2. The van der Waals surface area contributed by atoms with Gasteiger partial charge in [0.25, 0.3) is 5.91 Å². The lowest BCUT2D eigenvalue weighted by Gasteiger charge is -2.26. The summed E-state index contributed by atoms with van der Waals surface area (Å²) in [7, 11) is -3.08. The Labute approximate surface area is 157 Å². The van der Waals surface area contributed by atoms with E-state index < -0.39 is 9.84 Å². The first kappa shape index (κ1) is 18.7. The maximum atomic E-state index is 12.3. The fraction of sp³-hybridized carbons (Fsp3) is 0.529. The van der Waals surface area contributed by atoms with E-state index in [9.17, 15) is 13.2 Å². The second-order valence-electron chi connectivity index (χ2n) is 6.64. The number of anilines is 1. The number of halogens is 1. The molecular weight excluding hydrogens is 380 g/mol. The number of rotatable bonds is 3. The van der Waals surface area contributed by atoms with Gasteiger partial charge >= 0.3 is 0 Å². The van der Waals surface area contributed by atoms with E-state index in [4.69, 9.17) is 11.6 Å². The highest BCUT2D eigenvalue weighted by atomic mass is 35.5. The third-order valence-corrected chi connectivity index (χ3v) is 8.18. The molecule has 2 aliphatic rings. The minimum Gasteiger partial charge on any atom is -0.315 e. The number of sulfone groups is 1. The second kappa shape index (κ2) is 6.93. The summed E-state index contributed by atoms with van der Waals surface area (Å²) in [5.74, 6) is -0.126. The summed E-state index contributed by atoms with van der Waals surface area (Å²) in [6.45, 7) is 5.75. The normalized spacial score (nSPS) is 27.5. The summed E-state index contributed by atoms with van der Waals surface area (Å²) in [6.07, 6.45) is 0.720. The van der Waals surface area contributed by atoms with Crippen molar-refractivity contribution in [1.29, 1.82) is 0 Å². The first-order valence-corrected chi connectivity index (χ1v) is 11.3. The molecule has 0 radical (unpaired) electrons. The van der Waals surface area contributed by atoms with Crippen LogP contribution in [0.25, 0.3) is 0 Å². The number of benzene rings is 1. The van der Waals surface area contributed by atoms with Gasteiger partial charge in [-0.1, -0.05) is 43.3 Å². The van der Waals surface area contributed by atoms with Crippen LogP contribution >= 0.6 is 23.4 Å². The van der Waals surface area contributed by atoms with E-state index in [0.29, 0.717) is 10.2 Å². The summed E-state index contributed by atoms with van der Waals surface area (Å²) >= 11 is 7.55. The van der Waals surface area contributed by atoms with Crippen LogP contribution in [0.4, 0.5) is 5.69 Å². The number of amides is 1. The number of carbonyl (C=O) groups is 1. The van der Waals surface area contributed by atoms with Gasteiger partial charge < -0.3 is 4.90 Å². The van der Waals surface area contributed by atoms with Crippen LogP contribution in [-0.4, -0.2) is 42.3 Å². The van der Waals surface area contributed by atoms with Crippen LogP contribution in [0.5, 0.6) is 0 Å². The Morgan fingerprint density at radius 2 is 2.16 bits per heavy atom. The van der Waals surface area contributed by atoms with Crippen molar-refractivity contribution < 1.29 is 13.2 Å². The van der Waals surface area contributed by atoms with Crippen molar-refractivity contribution in [2.24, 2.45) is 10.9 Å². The molecular formula is C17H21ClN2O3S2. The summed E-state index contributed by atoms with van der Waals surface area (Å²) in [5.41, 5.74) is 1.79. The Morgan fingerprint density at radius 1 is 1.44 bits per heavy atom. The van der Waals surface area contributed by atoms with Gasteiger partial charge in [0.15, 0.2) is 15.0 Å². The van der Waals surface area contributed by atoms with E-state index in [1.54, 1.807) is 6.07 Å². The third kappa shape index (κ3) is 3.73. The molecule has 2 heterocycles. The zero-order valence-electron chi connectivity index (χ0n) is 14.4. The number of thioether (sulfide) groups is 1. The molecule has 0 bridgehead atoms. The Kier molecular flexibility index (Phi) is 5.19. The molecule has 2 saturated heterocycles. The van der Waals surface area contributed by atoms with Gasteiger partial charge in [0, 0.05) is 21.9 Å². The van der Waals surface area contributed by atoms with Crippen LogP contribution in [0, 0.1) is 12.8 Å². The number of aliphatic imine (C=N–C) groups is 1. The molecule has 1 amide bonds. The molecule has 136 valence electrons. The first-order valence-electron chi connectivity index (χ1n) is 8.27. The van der Waals surface area contributed by atoms with Crippen LogP contribution in [0.3, 0.4) is 0 Å². The quantitative estimate of drug-likeness (QED) is 0.778. The second-order valence-corrected chi connectivity index (χ2v) is 10.4. The number of fused-ring (bicyclic) bond motifs is 1. The molecule has 3 atom stereocenters. The van der Waals surface area contributed by atoms with Crippen LogP contribution in [0.1, 0.15) is 25.8 Å². The molecule has 3 unspecified atom stereocenters. The van der Waals surface area contributed by atoms with E-state index in [-0.39, 0.29) is 34.6 Å². The van der Waals surface area contributed by atoms with Gasteiger partial charge in [0.1, 0.15) is 0 Å². The van der Waals surface area contributed by atoms with E-state index in [2.05, 4.69) is 4.99 Å². The van der Waals surface area contributed by atoms with Crippen molar-refractivity contribution in [2.45, 2.75) is 38.5 Å². The fourth-order valence-electron chi connectivity index (χ4n) is 3.07. The molecule has 2 aliphatic heterocycles. The lowest BCUT2D eigenvalue weighted by atomic mass is 10.1. The summed E-state index contributed by atoms with van der Waals surface area (Å²) in [5, 5.41) is 1.05. The highest BCUT2D eigenvalue weighted by Gasteiger charge is 2.49. The van der Waals surface area contributed by atoms with Crippen molar-refractivity contribution in [3.63, 3.8) is 0 Å². The molecule has 0 aromatic heterocycles. The third-order valence-electron chi connectivity index (χ3n) is 4.74. The van der Waals surface area contributed by atoms with Gasteiger partial charge in [-0.15, -0.1) is 0 Å². The van der Waals surface area contributed by atoms with Crippen molar-refractivity contribution >= 4 is 50.0 Å². The highest BCUT2D eigenvalue weighted by Crippen LogP contribution is 2.42. The van der Waals surface area contributed by atoms with Crippen LogP contribution in [0.2, 0.25) is 5.02 Å². The number of aryl methyl sites for hydroxylation is 1. The molecule has 1 aromatic carbocycles. The van der Waals surface area contributed by atoms with Crippen molar-refractivity contribution in [1.82, 2.24) is 0 Å². The predicted octanol–water partition coefficient (Wildman–Crippen LogP) is 3.30. The average molecular weight is 401 g/mol. The van der Waals surface area contributed by atoms with Gasteiger partial charge in [-0.05, 0) is 31.0 Å². The molecule has 0 N–H and O–H groups in total. The van der Waals surface area contributed by atoms with Gasteiger partial charge in [-0.25, -0.2) is 8.42 Å². The zero-order chi connectivity index (χ0) is 18.4. The molecule has 5 nitrogen and oxygen atoms in total. The molecule has 8 heteroatoms. The average Bonchev–Trinajstić information content (AvgIpc) is 3.00. The SMILES string of the molecule is CCC(C)C(=O)N=C1SC2CS(=O)(=O)CC2N1c1cc(Cl)ccc1C. The maximum absolute atomic E-state index is 12.3. The molecule has 25 heavy (non-hydrogen) atoms. The van der Waals surface area contributed by atoms with E-state index >= 15 is 0 Å². The standard InChI is InChI=1S/C17H21ClN2O3S2/c1-4-10(2)16(21)19-17-20(13-7-12(18)6-5-11(13)3)14-8-25(22,23)9-15(14)24-17/h5-7,10,14-15H,4,8-9H2,1-3H3. The number of carbonyl (C=O) groups excluding carboxylic acids is 1. The van der Waals surface area contributed by atoms with Crippen molar-refractivity contribution in [2.75, 3.05) is 16.4 Å². The number of hydrogen-bond acceptors (Lipinski definition) is 4. The molecule has 2 fully saturated rings. The van der Waals surface area contributed by atoms with Gasteiger partial charge in [0.05, 0.1) is 17.5 Å². The molecule has 3 rings (SSSR count). The maximum Gasteiger partial charge on any atom is 0.250 e. The lowest BCUT2D eigenvalue weighted by Crippen LogP contribution is -2.38. The van der Waals surface area contributed by atoms with Gasteiger partial charge in [-0.3, -0.25) is 4.79 Å². The van der Waals surface area contributed by atoms with Crippen LogP contribution in [-0.2, 0) is 14.6 Å². The van der Waals surface area contributed by atoms with Crippen molar-refractivity contribution in [3.8, 4) is 0 Å². The zero-order valence-corrected chi connectivity index (χ0v) is 16.8. The van der Waals surface area contributed by atoms with Gasteiger partial charge in [-0.2, -0.15) is 4.99 Å². The van der Waals surface area contributed by atoms with E-state index in [1.165, 1.54) is 11.8 Å². The fourth-order valence-corrected chi connectivity index (χ4v) is 7.15. The molecule has 1 aromatic rings. The summed E-state index contributed by atoms with van der Waals surface area (Å²) in [6, 6.07) is 5.30. The smallest absolute Gasteiger partial charge is 0.250 e. The van der Waals surface area contributed by atoms with Crippen LogP contribution in [0.15, 0.2) is 23.2 Å². The molecule has 0 aliphatic carbocycles.